The van der Waals surface area contributed by atoms with Crippen molar-refractivity contribution in [2.45, 2.75) is 57.2 Å². The normalized spacial score (nSPS) is 19.6. The molecule has 9 heteroatoms. The van der Waals surface area contributed by atoms with E-state index in [4.69, 9.17) is 5.53 Å². The van der Waals surface area contributed by atoms with E-state index in [1.807, 2.05) is 20.8 Å². The van der Waals surface area contributed by atoms with Gasteiger partial charge in [-0.05, 0) is 5.53 Å². The second-order valence-electron chi connectivity index (χ2n) is 7.07. The predicted molar refractivity (Wildman–Crippen MR) is 86.8 cm³/mol. The van der Waals surface area contributed by atoms with E-state index in [0.717, 1.165) is 4.90 Å². The largest absolute Gasteiger partial charge is 0.479 e. The molecule has 1 rings (SSSR count). The summed E-state index contributed by atoms with van der Waals surface area (Å²) in [4.78, 5) is 39.9. The average molecular weight is 342 g/mol. The van der Waals surface area contributed by atoms with Crippen LogP contribution in [0.4, 0.5) is 0 Å². The van der Waals surface area contributed by atoms with E-state index in [9.17, 15) is 19.5 Å². The summed E-state index contributed by atoms with van der Waals surface area (Å²) in [7, 11) is 0. The minimum absolute atomic E-state index is 0.161. The van der Waals surface area contributed by atoms with Gasteiger partial charge in [0.15, 0.2) is 11.8 Å². The fraction of sp³-hybridized carbons (Fsp3) is 0.786. The molecule has 0 spiro atoms. The van der Waals surface area contributed by atoms with Gasteiger partial charge in [0.25, 0.3) is 0 Å². The number of rotatable bonds is 7. The fourth-order valence-electron chi connectivity index (χ4n) is 2.23. The Labute approximate surface area is 139 Å². The summed E-state index contributed by atoms with van der Waals surface area (Å²) < 4.78 is -0.170. The van der Waals surface area contributed by atoms with Crippen molar-refractivity contribution >= 4 is 29.4 Å². The van der Waals surface area contributed by atoms with Crippen molar-refractivity contribution in [3.8, 4) is 0 Å². The molecule has 2 atom stereocenters. The standard InChI is InChI=1S/C14H22N4O4S/c1-13(2,3)23-9-6-8(19)18(9)10(12(21)22)11(20)14(4,5)7-16-17-15/h9-10H,6-7H2,1-5H3,(H,21,22). The summed E-state index contributed by atoms with van der Waals surface area (Å²) >= 11 is 1.45. The number of hydrogen-bond donors (Lipinski definition) is 1. The maximum atomic E-state index is 12.6. The number of nitrogens with zero attached hydrogens (tertiary/aromatic N) is 4. The molecular weight excluding hydrogens is 320 g/mol. The minimum Gasteiger partial charge on any atom is -0.479 e. The van der Waals surface area contributed by atoms with Crippen molar-refractivity contribution in [3.63, 3.8) is 0 Å². The first kappa shape index (κ1) is 19.3. The van der Waals surface area contributed by atoms with Gasteiger partial charge in [-0.15, -0.1) is 11.8 Å². The fourth-order valence-corrected chi connectivity index (χ4v) is 3.63. The lowest BCUT2D eigenvalue weighted by molar-refractivity contribution is -0.163. The van der Waals surface area contributed by atoms with Crippen LogP contribution in [-0.4, -0.2) is 50.4 Å². The first-order valence-corrected chi connectivity index (χ1v) is 8.05. The average Bonchev–Trinajstić information content (AvgIpc) is 2.39. The van der Waals surface area contributed by atoms with Gasteiger partial charge in [-0.25, -0.2) is 4.79 Å². The van der Waals surface area contributed by atoms with E-state index in [2.05, 4.69) is 10.0 Å². The smallest absolute Gasteiger partial charge is 0.334 e. The summed E-state index contributed by atoms with van der Waals surface area (Å²) in [6.45, 7) is 8.74. The van der Waals surface area contributed by atoms with E-state index in [1.54, 1.807) is 0 Å². The Morgan fingerprint density at radius 3 is 2.39 bits per heavy atom. The van der Waals surface area contributed by atoms with Gasteiger partial charge in [0.1, 0.15) is 0 Å². The zero-order valence-corrected chi connectivity index (χ0v) is 14.8. The van der Waals surface area contributed by atoms with Crippen molar-refractivity contribution in [3.05, 3.63) is 10.4 Å². The van der Waals surface area contributed by atoms with Crippen LogP contribution in [0.3, 0.4) is 0 Å². The lowest BCUT2D eigenvalue weighted by Gasteiger charge is -2.46. The number of β-lactam (4-membered cyclic amide) rings is 1. The summed E-state index contributed by atoms with van der Waals surface area (Å²) in [5.41, 5.74) is 7.24. The first-order chi connectivity index (χ1) is 10.4. The molecule has 0 aliphatic carbocycles. The molecule has 1 N–H and O–H groups in total. The Morgan fingerprint density at radius 2 is 2.00 bits per heavy atom. The highest BCUT2D eigenvalue weighted by Crippen LogP contribution is 2.40. The molecule has 0 aromatic carbocycles. The lowest BCUT2D eigenvalue weighted by Crippen LogP contribution is -2.63. The van der Waals surface area contributed by atoms with E-state index < -0.39 is 23.2 Å². The van der Waals surface area contributed by atoms with Gasteiger partial charge in [-0.3, -0.25) is 9.59 Å². The van der Waals surface area contributed by atoms with Crippen molar-refractivity contribution in [1.29, 1.82) is 0 Å². The zero-order chi connectivity index (χ0) is 18.0. The van der Waals surface area contributed by atoms with Gasteiger partial charge in [0.05, 0.1) is 11.8 Å². The molecule has 0 aromatic heterocycles. The summed E-state index contributed by atoms with van der Waals surface area (Å²) in [5, 5.41) is 12.5. The predicted octanol–water partition coefficient (Wildman–Crippen LogP) is 2.44. The molecule has 23 heavy (non-hydrogen) atoms. The van der Waals surface area contributed by atoms with Gasteiger partial charge in [0, 0.05) is 21.6 Å². The molecule has 0 radical (unpaired) electrons. The highest BCUT2D eigenvalue weighted by molar-refractivity contribution is 8.01. The number of carboxylic acids is 1. The Kier molecular flexibility index (Phi) is 5.71. The van der Waals surface area contributed by atoms with Gasteiger partial charge in [0.2, 0.25) is 5.91 Å². The number of likely N-dealkylation sites (tertiary alicyclic amines) is 1. The van der Waals surface area contributed by atoms with Crippen LogP contribution in [0.2, 0.25) is 0 Å². The molecule has 0 aromatic rings. The maximum Gasteiger partial charge on any atom is 0.334 e. The number of aliphatic carboxylic acids is 1. The Bertz CT molecular complexity index is 564. The van der Waals surface area contributed by atoms with Gasteiger partial charge in [-0.2, -0.15) is 0 Å². The number of Topliss-reactive ketones (excluding diaryl/α,β-unsaturated/α-hetero) is 1. The Balaban J connectivity index is 3.06. The number of carbonyl (C=O) groups excluding carboxylic acids is 2. The summed E-state index contributed by atoms with van der Waals surface area (Å²) in [5.74, 6) is -2.35. The first-order valence-electron chi connectivity index (χ1n) is 7.17. The molecule has 2 unspecified atom stereocenters. The molecule has 1 saturated heterocycles. The topological polar surface area (TPSA) is 123 Å². The van der Waals surface area contributed by atoms with E-state index >= 15 is 0 Å². The van der Waals surface area contributed by atoms with Crippen LogP contribution >= 0.6 is 11.8 Å². The van der Waals surface area contributed by atoms with Crippen LogP contribution < -0.4 is 0 Å². The van der Waals surface area contributed by atoms with Crippen molar-refractivity contribution in [2.75, 3.05) is 6.54 Å². The molecule has 1 heterocycles. The van der Waals surface area contributed by atoms with Crippen molar-refractivity contribution < 1.29 is 19.5 Å². The van der Waals surface area contributed by atoms with Crippen LogP contribution in [0.1, 0.15) is 41.0 Å². The zero-order valence-electron chi connectivity index (χ0n) is 13.9. The molecule has 8 nitrogen and oxygen atoms in total. The highest BCUT2D eigenvalue weighted by Gasteiger charge is 2.51. The van der Waals surface area contributed by atoms with Crippen LogP contribution in [0, 0.1) is 5.41 Å². The molecule has 1 aliphatic rings. The van der Waals surface area contributed by atoms with Crippen LogP contribution in [0.25, 0.3) is 10.4 Å². The number of carbonyl (C=O) groups is 3. The highest BCUT2D eigenvalue weighted by atomic mass is 32.2. The molecule has 0 saturated carbocycles. The molecule has 1 amide bonds. The maximum absolute atomic E-state index is 12.6. The SMILES string of the molecule is CC(C)(C)SC1CC(=O)N1C(C(=O)O)C(=O)C(C)(C)CN=[N+]=[N-]. The molecule has 128 valence electrons. The summed E-state index contributed by atoms with van der Waals surface area (Å²) in [6.07, 6.45) is 0.218. The summed E-state index contributed by atoms with van der Waals surface area (Å²) in [6, 6.07) is -1.56. The molecule has 1 aliphatic heterocycles. The number of hydrogen-bond acceptors (Lipinski definition) is 5. The van der Waals surface area contributed by atoms with E-state index in [1.165, 1.54) is 25.6 Å². The van der Waals surface area contributed by atoms with Gasteiger partial charge >= 0.3 is 5.97 Å². The molecular formula is C14H22N4O4S. The van der Waals surface area contributed by atoms with Crippen molar-refractivity contribution in [2.24, 2.45) is 10.5 Å². The third-order valence-electron chi connectivity index (χ3n) is 3.39. The monoisotopic (exact) mass is 342 g/mol. The second-order valence-corrected chi connectivity index (χ2v) is 9.07. The molecule has 1 fully saturated rings. The van der Waals surface area contributed by atoms with E-state index in [-0.39, 0.29) is 29.0 Å². The Morgan fingerprint density at radius 1 is 1.43 bits per heavy atom. The van der Waals surface area contributed by atoms with E-state index in [0.29, 0.717) is 0 Å². The Hall–Kier alpha value is -1.73. The van der Waals surface area contributed by atoms with Crippen LogP contribution in [-0.2, 0) is 14.4 Å². The molecule has 0 bridgehead atoms. The van der Waals surface area contributed by atoms with Gasteiger partial charge < -0.3 is 10.0 Å². The third-order valence-corrected chi connectivity index (χ3v) is 4.77. The second kappa shape index (κ2) is 6.80. The third kappa shape index (κ3) is 4.62. The van der Waals surface area contributed by atoms with Crippen molar-refractivity contribution in [1.82, 2.24) is 4.90 Å². The number of carboxylic acid groups (broad SMARTS) is 1. The number of ketones is 1. The number of azide groups is 1. The van der Waals surface area contributed by atoms with Crippen LogP contribution in [0.15, 0.2) is 5.11 Å². The quantitative estimate of drug-likeness (QED) is 0.250. The minimum atomic E-state index is -1.56. The lowest BCUT2D eigenvalue weighted by atomic mass is 9.83. The number of amides is 1. The van der Waals surface area contributed by atoms with Gasteiger partial charge in [-0.1, -0.05) is 39.7 Å². The number of thioether (sulfide) groups is 1. The van der Waals surface area contributed by atoms with Crippen LogP contribution in [0.5, 0.6) is 0 Å².